The second kappa shape index (κ2) is 3.25. The summed E-state index contributed by atoms with van der Waals surface area (Å²) >= 11 is 11.8. The molecule has 0 aliphatic heterocycles. The lowest BCUT2D eigenvalue weighted by atomic mass is 9.92. The van der Waals surface area contributed by atoms with Crippen LogP contribution in [0.15, 0.2) is 18.2 Å². The molecule has 3 heteroatoms. The fourth-order valence-electron chi connectivity index (χ4n) is 1.80. The Kier molecular flexibility index (Phi) is 2.32. The third-order valence-corrected chi connectivity index (χ3v) is 3.28. The molecule has 0 bridgehead atoms. The minimum absolute atomic E-state index is 0.204. The number of Topliss-reactive ketones (excluding diaryl/α,β-unsaturated/α-hetero) is 1. The summed E-state index contributed by atoms with van der Waals surface area (Å²) in [4.78, 5) is 11.5. The molecule has 0 spiro atoms. The Morgan fingerprint density at radius 3 is 2.07 bits per heavy atom. The van der Waals surface area contributed by atoms with Crippen LogP contribution in [0.5, 0.6) is 0 Å². The summed E-state index contributed by atoms with van der Waals surface area (Å²) in [6.45, 7) is 1.63. The topological polar surface area (TPSA) is 17.1 Å². The van der Waals surface area contributed by atoms with Crippen LogP contribution in [0.4, 0.5) is 0 Å². The summed E-state index contributed by atoms with van der Waals surface area (Å²) in [5, 5.41) is 1.19. The second-order valence-corrected chi connectivity index (χ2v) is 4.67. The van der Waals surface area contributed by atoms with Gasteiger partial charge in [0, 0.05) is 10.0 Å². The number of ketones is 1. The third kappa shape index (κ3) is 1.55. The van der Waals surface area contributed by atoms with E-state index in [4.69, 9.17) is 23.2 Å². The zero-order valence-electron chi connectivity index (χ0n) is 7.81. The fraction of sp³-hybridized carbons (Fsp3) is 0.364. The van der Waals surface area contributed by atoms with Crippen molar-refractivity contribution in [2.75, 3.05) is 0 Å². The second-order valence-electron chi connectivity index (χ2n) is 3.80. The van der Waals surface area contributed by atoms with Crippen molar-refractivity contribution in [3.05, 3.63) is 33.8 Å². The summed E-state index contributed by atoms with van der Waals surface area (Å²) in [5.74, 6) is 0.204. The average molecular weight is 229 g/mol. The fourth-order valence-corrected chi connectivity index (χ4v) is 2.33. The maximum absolute atomic E-state index is 11.5. The van der Waals surface area contributed by atoms with Gasteiger partial charge in [-0.2, -0.15) is 0 Å². The van der Waals surface area contributed by atoms with Gasteiger partial charge in [-0.25, -0.2) is 0 Å². The zero-order chi connectivity index (χ0) is 10.3. The van der Waals surface area contributed by atoms with Gasteiger partial charge < -0.3 is 0 Å². The first-order valence-electron chi connectivity index (χ1n) is 4.52. The largest absolute Gasteiger partial charge is 0.299 e. The minimum Gasteiger partial charge on any atom is -0.299 e. The lowest BCUT2D eigenvalue weighted by Gasteiger charge is -2.12. The summed E-state index contributed by atoms with van der Waals surface area (Å²) in [6.07, 6.45) is 1.83. The number of hydrogen-bond acceptors (Lipinski definition) is 1. The van der Waals surface area contributed by atoms with Gasteiger partial charge in [0.05, 0.1) is 5.41 Å². The highest BCUT2D eigenvalue weighted by Crippen LogP contribution is 2.49. The molecule has 1 fully saturated rings. The molecule has 0 aromatic heterocycles. The Labute approximate surface area is 93.0 Å². The molecule has 0 heterocycles. The lowest BCUT2D eigenvalue weighted by molar-refractivity contribution is -0.119. The van der Waals surface area contributed by atoms with E-state index in [2.05, 4.69) is 0 Å². The summed E-state index contributed by atoms with van der Waals surface area (Å²) in [5.41, 5.74) is 0.677. The predicted octanol–water partition coefficient (Wildman–Crippen LogP) is 3.61. The first-order chi connectivity index (χ1) is 6.54. The van der Waals surface area contributed by atoms with E-state index in [0.29, 0.717) is 10.0 Å². The SMILES string of the molecule is CC(=O)C1(c2cc(Cl)cc(Cl)c2)CC1. The summed E-state index contributed by atoms with van der Waals surface area (Å²) in [7, 11) is 0. The van der Waals surface area contributed by atoms with Crippen molar-refractivity contribution in [1.82, 2.24) is 0 Å². The normalized spacial score (nSPS) is 17.9. The number of benzene rings is 1. The molecule has 0 atom stereocenters. The number of carbonyl (C=O) groups is 1. The molecule has 0 N–H and O–H groups in total. The molecule has 1 nitrogen and oxygen atoms in total. The van der Waals surface area contributed by atoms with E-state index in [1.54, 1.807) is 13.0 Å². The van der Waals surface area contributed by atoms with Crippen molar-refractivity contribution in [2.24, 2.45) is 0 Å². The van der Waals surface area contributed by atoms with Crippen LogP contribution in [-0.2, 0) is 10.2 Å². The number of rotatable bonds is 2. The molecule has 1 saturated carbocycles. The molecular formula is C11H10Cl2O. The van der Waals surface area contributed by atoms with Gasteiger partial charge in [0.2, 0.25) is 0 Å². The molecule has 0 saturated heterocycles. The standard InChI is InChI=1S/C11H10Cl2O/c1-7(14)11(2-3-11)8-4-9(12)6-10(13)5-8/h4-6H,2-3H2,1H3. The van der Waals surface area contributed by atoms with Crippen LogP contribution in [0.3, 0.4) is 0 Å². The Hall–Kier alpha value is -0.530. The number of hydrogen-bond donors (Lipinski definition) is 0. The van der Waals surface area contributed by atoms with Crippen molar-refractivity contribution in [3.63, 3.8) is 0 Å². The molecule has 0 unspecified atom stereocenters. The highest BCUT2D eigenvalue weighted by Gasteiger charge is 2.48. The molecule has 0 radical (unpaired) electrons. The molecule has 2 rings (SSSR count). The highest BCUT2D eigenvalue weighted by molar-refractivity contribution is 6.34. The van der Waals surface area contributed by atoms with Crippen LogP contribution in [0.25, 0.3) is 0 Å². The van der Waals surface area contributed by atoms with Gasteiger partial charge in [0.15, 0.2) is 0 Å². The molecule has 1 aromatic rings. The quantitative estimate of drug-likeness (QED) is 0.756. The van der Waals surface area contributed by atoms with Gasteiger partial charge in [0.1, 0.15) is 5.78 Å². The molecule has 1 aliphatic carbocycles. The molecule has 1 aromatic carbocycles. The smallest absolute Gasteiger partial charge is 0.140 e. The molecule has 1 aliphatic rings. The lowest BCUT2D eigenvalue weighted by Crippen LogP contribution is -2.16. The van der Waals surface area contributed by atoms with Gasteiger partial charge in [-0.05, 0) is 43.5 Å². The first-order valence-corrected chi connectivity index (χ1v) is 5.28. The van der Waals surface area contributed by atoms with Crippen LogP contribution >= 0.6 is 23.2 Å². The number of halogens is 2. The van der Waals surface area contributed by atoms with E-state index >= 15 is 0 Å². The van der Waals surface area contributed by atoms with Gasteiger partial charge in [-0.1, -0.05) is 23.2 Å². The highest BCUT2D eigenvalue weighted by atomic mass is 35.5. The van der Waals surface area contributed by atoms with Crippen LogP contribution in [0.2, 0.25) is 10.0 Å². The van der Waals surface area contributed by atoms with Crippen molar-refractivity contribution < 1.29 is 4.79 Å². The zero-order valence-corrected chi connectivity index (χ0v) is 9.32. The minimum atomic E-state index is -0.283. The average Bonchev–Trinajstić information content (AvgIpc) is 2.81. The maximum Gasteiger partial charge on any atom is 0.140 e. The summed E-state index contributed by atoms with van der Waals surface area (Å²) < 4.78 is 0. The van der Waals surface area contributed by atoms with E-state index in [9.17, 15) is 4.79 Å². The van der Waals surface area contributed by atoms with E-state index in [-0.39, 0.29) is 11.2 Å². The molecular weight excluding hydrogens is 219 g/mol. The van der Waals surface area contributed by atoms with E-state index in [1.807, 2.05) is 12.1 Å². The molecule has 14 heavy (non-hydrogen) atoms. The van der Waals surface area contributed by atoms with Crippen molar-refractivity contribution in [2.45, 2.75) is 25.2 Å². The molecule has 74 valence electrons. The Morgan fingerprint density at radius 2 is 1.71 bits per heavy atom. The van der Waals surface area contributed by atoms with E-state index in [1.165, 1.54) is 0 Å². The maximum atomic E-state index is 11.5. The van der Waals surface area contributed by atoms with Crippen molar-refractivity contribution >= 4 is 29.0 Å². The first kappa shape index (κ1) is 10.0. The monoisotopic (exact) mass is 228 g/mol. The van der Waals surface area contributed by atoms with Crippen molar-refractivity contribution in [1.29, 1.82) is 0 Å². The van der Waals surface area contributed by atoms with Gasteiger partial charge in [0.25, 0.3) is 0 Å². The van der Waals surface area contributed by atoms with E-state index in [0.717, 1.165) is 18.4 Å². The van der Waals surface area contributed by atoms with Gasteiger partial charge >= 0.3 is 0 Å². The van der Waals surface area contributed by atoms with Crippen LogP contribution < -0.4 is 0 Å². The van der Waals surface area contributed by atoms with E-state index < -0.39 is 0 Å². The van der Waals surface area contributed by atoms with Crippen LogP contribution in [-0.4, -0.2) is 5.78 Å². The van der Waals surface area contributed by atoms with Crippen molar-refractivity contribution in [3.8, 4) is 0 Å². The molecule has 0 amide bonds. The Balaban J connectivity index is 2.47. The third-order valence-electron chi connectivity index (χ3n) is 2.84. The Bertz CT molecular complexity index is 374. The number of carbonyl (C=O) groups excluding carboxylic acids is 1. The Morgan fingerprint density at radius 1 is 1.21 bits per heavy atom. The summed E-state index contributed by atoms with van der Waals surface area (Å²) in [6, 6.07) is 5.35. The predicted molar refractivity (Wildman–Crippen MR) is 58.1 cm³/mol. The van der Waals surface area contributed by atoms with Gasteiger partial charge in [-0.15, -0.1) is 0 Å². The van der Waals surface area contributed by atoms with Gasteiger partial charge in [-0.3, -0.25) is 4.79 Å². The van der Waals surface area contributed by atoms with Crippen LogP contribution in [0.1, 0.15) is 25.3 Å². The van der Waals surface area contributed by atoms with Crippen LogP contribution in [0, 0.1) is 0 Å².